The molecule has 0 aliphatic carbocycles. The average Bonchev–Trinajstić information content (AvgIpc) is 3.28. The summed E-state index contributed by atoms with van der Waals surface area (Å²) in [7, 11) is 3.22. The number of nitrogens with zero attached hydrogens (tertiary/aromatic N) is 1. The molecule has 4 aromatic rings. The van der Waals surface area contributed by atoms with Crippen LogP contribution in [0.15, 0.2) is 109 Å². The predicted octanol–water partition coefficient (Wildman–Crippen LogP) is 5.56. The van der Waals surface area contributed by atoms with E-state index in [1.807, 2.05) is 116 Å². The smallest absolute Gasteiger partial charge is 0.229 e. The standard InChI is InChI=1S/C34H35NO5/c1-24-29(36)23-32(35(24)31(37)22-25-14-7-4-8-15-25)40-34(26-16-9-5-10-17-26,27-18-11-6-12-19-27)28-20-13-21-30(38-2)33(28)39-3/h4-21,24,29,32,36H,22-23H2,1-3H3. The van der Waals surface area contributed by atoms with Crippen LogP contribution in [0.1, 0.15) is 35.6 Å². The molecule has 1 saturated heterocycles. The number of carbonyl (C=O) groups is 1. The van der Waals surface area contributed by atoms with E-state index in [2.05, 4.69) is 0 Å². The summed E-state index contributed by atoms with van der Waals surface area (Å²) in [6.45, 7) is 1.87. The summed E-state index contributed by atoms with van der Waals surface area (Å²) >= 11 is 0. The molecule has 0 aromatic heterocycles. The molecule has 4 aromatic carbocycles. The van der Waals surface area contributed by atoms with E-state index in [0.717, 1.165) is 22.3 Å². The van der Waals surface area contributed by atoms with E-state index in [1.54, 1.807) is 19.1 Å². The maximum atomic E-state index is 13.8. The van der Waals surface area contributed by atoms with Crippen LogP contribution in [0.5, 0.6) is 11.5 Å². The number of aliphatic hydroxyl groups excluding tert-OH is 1. The minimum atomic E-state index is -1.19. The van der Waals surface area contributed by atoms with Crippen molar-refractivity contribution in [3.8, 4) is 11.5 Å². The number of aliphatic hydroxyl groups is 1. The summed E-state index contributed by atoms with van der Waals surface area (Å²) in [4.78, 5) is 15.5. The molecule has 3 unspecified atom stereocenters. The van der Waals surface area contributed by atoms with E-state index in [0.29, 0.717) is 11.5 Å². The highest BCUT2D eigenvalue weighted by Gasteiger charge is 2.49. The fraction of sp³-hybridized carbons (Fsp3) is 0.265. The number of carbonyl (C=O) groups excluding carboxylic acids is 1. The molecular formula is C34H35NO5. The van der Waals surface area contributed by atoms with Gasteiger partial charge in [-0.15, -0.1) is 0 Å². The zero-order chi connectivity index (χ0) is 28.1. The van der Waals surface area contributed by atoms with Gasteiger partial charge < -0.3 is 24.2 Å². The maximum Gasteiger partial charge on any atom is 0.229 e. The quantitative estimate of drug-likeness (QED) is 0.283. The fourth-order valence-corrected chi connectivity index (χ4v) is 5.71. The number of benzene rings is 4. The number of ether oxygens (including phenoxy) is 3. The second kappa shape index (κ2) is 11.9. The van der Waals surface area contributed by atoms with Crippen molar-refractivity contribution < 1.29 is 24.1 Å². The van der Waals surface area contributed by atoms with Gasteiger partial charge >= 0.3 is 0 Å². The lowest BCUT2D eigenvalue weighted by Gasteiger charge is -2.41. The highest BCUT2D eigenvalue weighted by molar-refractivity contribution is 5.79. The van der Waals surface area contributed by atoms with Gasteiger partial charge in [0.2, 0.25) is 5.91 Å². The van der Waals surface area contributed by atoms with Crippen molar-refractivity contribution in [1.29, 1.82) is 0 Å². The van der Waals surface area contributed by atoms with Gasteiger partial charge in [0.25, 0.3) is 0 Å². The number of hydrogen-bond donors (Lipinski definition) is 1. The van der Waals surface area contributed by atoms with Gasteiger partial charge in [0.1, 0.15) is 11.8 Å². The minimum absolute atomic E-state index is 0.104. The largest absolute Gasteiger partial charge is 0.493 e. The van der Waals surface area contributed by atoms with Gasteiger partial charge in [-0.1, -0.05) is 103 Å². The van der Waals surface area contributed by atoms with Gasteiger partial charge in [-0.2, -0.15) is 0 Å². The summed E-state index contributed by atoms with van der Waals surface area (Å²) < 4.78 is 18.9. The van der Waals surface area contributed by atoms with Gasteiger partial charge in [0, 0.05) is 12.0 Å². The first-order valence-electron chi connectivity index (χ1n) is 13.5. The molecule has 6 nitrogen and oxygen atoms in total. The van der Waals surface area contributed by atoms with Crippen LogP contribution in [0.3, 0.4) is 0 Å². The van der Waals surface area contributed by atoms with Crippen molar-refractivity contribution in [2.24, 2.45) is 0 Å². The van der Waals surface area contributed by atoms with Gasteiger partial charge in [0.15, 0.2) is 11.5 Å². The summed E-state index contributed by atoms with van der Waals surface area (Å²) in [6, 6.07) is 34.8. The number of hydrogen-bond acceptors (Lipinski definition) is 5. The van der Waals surface area contributed by atoms with E-state index >= 15 is 0 Å². The van der Waals surface area contributed by atoms with E-state index < -0.39 is 24.0 Å². The van der Waals surface area contributed by atoms with Crippen molar-refractivity contribution in [1.82, 2.24) is 4.90 Å². The third-order valence-corrected chi connectivity index (χ3v) is 7.69. The fourth-order valence-electron chi connectivity index (χ4n) is 5.71. The first-order chi connectivity index (χ1) is 19.5. The van der Waals surface area contributed by atoms with E-state index in [4.69, 9.17) is 14.2 Å². The predicted molar refractivity (Wildman–Crippen MR) is 154 cm³/mol. The highest BCUT2D eigenvalue weighted by atomic mass is 16.5. The number of methoxy groups -OCH3 is 2. The van der Waals surface area contributed by atoms with Crippen LogP contribution in [-0.4, -0.2) is 48.5 Å². The Labute approximate surface area is 235 Å². The summed E-state index contributed by atoms with van der Waals surface area (Å²) in [5.74, 6) is 0.996. The monoisotopic (exact) mass is 537 g/mol. The molecule has 0 radical (unpaired) electrons. The highest BCUT2D eigenvalue weighted by Crippen LogP contribution is 2.49. The second-order valence-corrected chi connectivity index (χ2v) is 10.0. The molecule has 0 bridgehead atoms. The average molecular weight is 538 g/mol. The summed E-state index contributed by atoms with van der Waals surface area (Å²) in [5, 5.41) is 11.0. The molecule has 1 N–H and O–H groups in total. The zero-order valence-corrected chi connectivity index (χ0v) is 23.1. The first kappa shape index (κ1) is 27.4. The molecule has 1 amide bonds. The Balaban J connectivity index is 1.69. The van der Waals surface area contributed by atoms with Gasteiger partial charge in [0.05, 0.1) is 32.8 Å². The molecule has 40 heavy (non-hydrogen) atoms. The molecule has 3 atom stereocenters. The zero-order valence-electron chi connectivity index (χ0n) is 23.1. The number of para-hydroxylation sites is 1. The Bertz CT molecular complexity index is 1370. The molecule has 1 heterocycles. The minimum Gasteiger partial charge on any atom is -0.493 e. The molecule has 0 saturated carbocycles. The third kappa shape index (κ3) is 5.08. The van der Waals surface area contributed by atoms with Crippen LogP contribution >= 0.6 is 0 Å². The topological polar surface area (TPSA) is 68.2 Å². The lowest BCUT2D eigenvalue weighted by molar-refractivity contribution is -0.155. The first-order valence-corrected chi connectivity index (χ1v) is 13.5. The molecule has 1 aliphatic heterocycles. The SMILES string of the molecule is COc1cccc(C(OC2CC(O)C(C)N2C(=O)Cc2ccccc2)(c2ccccc2)c2ccccc2)c1OC. The van der Waals surface area contributed by atoms with E-state index in [9.17, 15) is 9.90 Å². The molecule has 6 heteroatoms. The van der Waals surface area contributed by atoms with Crippen molar-refractivity contribution in [2.75, 3.05) is 14.2 Å². The number of amides is 1. The van der Waals surface area contributed by atoms with Gasteiger partial charge in [-0.05, 0) is 29.7 Å². The Morgan fingerprint density at radius 3 is 1.95 bits per heavy atom. The Hall–Kier alpha value is -4.13. The van der Waals surface area contributed by atoms with Gasteiger partial charge in [-0.3, -0.25) is 4.79 Å². The van der Waals surface area contributed by atoms with E-state index in [1.165, 1.54) is 0 Å². The Morgan fingerprint density at radius 2 is 1.40 bits per heavy atom. The van der Waals surface area contributed by atoms with Crippen molar-refractivity contribution >= 4 is 5.91 Å². The van der Waals surface area contributed by atoms with Crippen LogP contribution in [0.4, 0.5) is 0 Å². The van der Waals surface area contributed by atoms with Crippen LogP contribution < -0.4 is 9.47 Å². The lowest BCUT2D eigenvalue weighted by Crippen LogP contribution is -2.47. The van der Waals surface area contributed by atoms with Crippen LogP contribution in [-0.2, 0) is 21.6 Å². The summed E-state index contributed by atoms with van der Waals surface area (Å²) in [5.41, 5.74) is 2.17. The number of likely N-dealkylation sites (tertiary alicyclic amines) is 1. The maximum absolute atomic E-state index is 13.8. The van der Waals surface area contributed by atoms with Crippen LogP contribution in [0.2, 0.25) is 0 Å². The lowest BCUT2D eigenvalue weighted by atomic mass is 9.79. The molecule has 1 aliphatic rings. The third-order valence-electron chi connectivity index (χ3n) is 7.69. The molecule has 1 fully saturated rings. The normalized spacial score (nSPS) is 18.9. The molecule has 5 rings (SSSR count). The van der Waals surface area contributed by atoms with Crippen molar-refractivity contribution in [3.63, 3.8) is 0 Å². The van der Waals surface area contributed by atoms with Crippen LogP contribution in [0.25, 0.3) is 0 Å². The van der Waals surface area contributed by atoms with Gasteiger partial charge in [-0.25, -0.2) is 0 Å². The molecule has 0 spiro atoms. The van der Waals surface area contributed by atoms with Crippen molar-refractivity contribution in [3.05, 3.63) is 131 Å². The van der Waals surface area contributed by atoms with Crippen LogP contribution in [0, 0.1) is 0 Å². The molecular weight excluding hydrogens is 502 g/mol. The summed E-state index contributed by atoms with van der Waals surface area (Å²) in [6.07, 6.45) is -0.960. The Morgan fingerprint density at radius 1 is 0.825 bits per heavy atom. The molecule has 206 valence electrons. The second-order valence-electron chi connectivity index (χ2n) is 10.0. The van der Waals surface area contributed by atoms with E-state index in [-0.39, 0.29) is 18.7 Å². The number of rotatable bonds is 9. The van der Waals surface area contributed by atoms with Crippen molar-refractivity contribution in [2.45, 2.75) is 43.7 Å². The Kier molecular flexibility index (Phi) is 8.19.